The van der Waals surface area contributed by atoms with E-state index < -0.39 is 30.8 Å². The smallest absolute Gasteiger partial charge is 0.265 e. The van der Waals surface area contributed by atoms with Crippen LogP contribution in [-0.4, -0.2) is 66.0 Å². The minimum absolute atomic E-state index is 0.0128. The summed E-state index contributed by atoms with van der Waals surface area (Å²) in [4.78, 5) is 18.7. The molecule has 0 spiro atoms. The highest BCUT2D eigenvalue weighted by molar-refractivity contribution is 5.79. The first-order chi connectivity index (χ1) is 15.2. The van der Waals surface area contributed by atoms with Crippen molar-refractivity contribution in [1.29, 1.82) is 0 Å². The molecule has 1 aliphatic heterocycles. The van der Waals surface area contributed by atoms with Crippen molar-refractivity contribution < 1.29 is 23.4 Å². The summed E-state index contributed by atoms with van der Waals surface area (Å²) < 4.78 is 43.2. The van der Waals surface area contributed by atoms with Gasteiger partial charge in [-0.1, -0.05) is 0 Å². The van der Waals surface area contributed by atoms with Crippen LogP contribution in [0.1, 0.15) is 32.1 Å². The number of alkyl halides is 3. The van der Waals surface area contributed by atoms with Gasteiger partial charge in [0, 0.05) is 25.7 Å². The Morgan fingerprint density at radius 1 is 1.28 bits per heavy atom. The molecule has 3 aromatic heterocycles. The van der Waals surface area contributed by atoms with Gasteiger partial charge in [-0.25, -0.2) is 28.1 Å². The lowest BCUT2D eigenvalue weighted by molar-refractivity contribution is -0.0263. The van der Waals surface area contributed by atoms with E-state index >= 15 is 0 Å². The number of aromatic nitrogens is 5. The summed E-state index contributed by atoms with van der Waals surface area (Å²) in [6.07, 6.45) is 0.839. The molecular formula is C20H24F3N7O2. The normalized spacial score (nSPS) is 20.5. The molecule has 0 aliphatic carbocycles. The first kappa shape index (κ1) is 22.2. The number of nitrogens with zero attached hydrogens (tertiary/aromatic N) is 6. The van der Waals surface area contributed by atoms with Gasteiger partial charge in [-0.2, -0.15) is 4.98 Å². The Bertz CT molecular complexity index is 1100. The first-order valence-corrected chi connectivity index (χ1v) is 10.2. The molecule has 4 rings (SSSR count). The number of pyridine rings is 1. The third-order valence-electron chi connectivity index (χ3n) is 5.60. The van der Waals surface area contributed by atoms with Crippen molar-refractivity contribution >= 4 is 28.6 Å². The molecule has 4 heterocycles. The summed E-state index contributed by atoms with van der Waals surface area (Å²) in [5, 5.41) is 22.2. The average molecular weight is 451 g/mol. The second-order valence-corrected chi connectivity index (χ2v) is 7.93. The summed E-state index contributed by atoms with van der Waals surface area (Å²) in [7, 11) is 0. The predicted molar refractivity (Wildman–Crippen MR) is 112 cm³/mol. The number of anilines is 3. The average Bonchev–Trinajstić information content (AvgIpc) is 3.12. The van der Waals surface area contributed by atoms with Gasteiger partial charge in [0.1, 0.15) is 35.8 Å². The van der Waals surface area contributed by atoms with Crippen LogP contribution in [0.5, 0.6) is 0 Å². The molecule has 32 heavy (non-hydrogen) atoms. The van der Waals surface area contributed by atoms with E-state index in [1.54, 1.807) is 17.0 Å². The molecule has 3 aromatic rings. The number of hydrogen-bond donors (Lipinski definition) is 3. The quantitative estimate of drug-likeness (QED) is 0.524. The highest BCUT2D eigenvalue weighted by Gasteiger charge is 2.34. The van der Waals surface area contributed by atoms with Crippen LogP contribution in [0, 0.1) is 0 Å². The molecule has 3 atom stereocenters. The zero-order valence-corrected chi connectivity index (χ0v) is 17.6. The number of aliphatic hydroxyl groups excluding tert-OH is 2. The number of halogens is 3. The molecule has 2 unspecified atom stereocenters. The Labute approximate surface area is 182 Å². The van der Waals surface area contributed by atoms with E-state index in [2.05, 4.69) is 25.3 Å². The molecule has 1 fully saturated rings. The number of nitrogens with one attached hydrogen (secondary N) is 1. The molecule has 12 heteroatoms. The van der Waals surface area contributed by atoms with Crippen LogP contribution < -0.4 is 10.2 Å². The van der Waals surface area contributed by atoms with E-state index in [4.69, 9.17) is 0 Å². The molecule has 172 valence electrons. The molecule has 0 aromatic carbocycles. The topological polar surface area (TPSA) is 112 Å². The van der Waals surface area contributed by atoms with Crippen LogP contribution in [0.15, 0.2) is 24.5 Å². The summed E-state index contributed by atoms with van der Waals surface area (Å²) in [6, 6.07) is 1.92. The summed E-state index contributed by atoms with van der Waals surface area (Å²) in [5.74, 6) is -1.91. The second-order valence-electron chi connectivity index (χ2n) is 7.93. The second kappa shape index (κ2) is 8.51. The standard InChI is InChI=1S/C20H24F3N7O2/c1-11(20(2,22)23)30-14-7-17(25-8-13(14)26-18(30)10-31)27-16-3-5-24-19(28-16)29-6-4-15(32)12(21)9-29/h3,5,7-8,11-12,15,31-32H,4,6,9-10H2,1-2H3,(H,24,25,27,28)/t11-,12?,15?/m0/s1. The van der Waals surface area contributed by atoms with Gasteiger partial charge >= 0.3 is 0 Å². The molecule has 0 amide bonds. The van der Waals surface area contributed by atoms with Crippen molar-refractivity contribution in [2.24, 2.45) is 0 Å². The Kier molecular flexibility index (Phi) is 5.91. The van der Waals surface area contributed by atoms with E-state index in [1.807, 2.05) is 0 Å². The van der Waals surface area contributed by atoms with Crippen molar-refractivity contribution in [3.63, 3.8) is 0 Å². The van der Waals surface area contributed by atoms with Crippen LogP contribution in [-0.2, 0) is 6.61 Å². The SMILES string of the molecule is C[C@H](n1c(CO)nc2cnc(Nc3ccnc(N4CCC(O)C(F)C4)n3)cc21)C(C)(F)F. The number of hydrogen-bond acceptors (Lipinski definition) is 8. The minimum Gasteiger partial charge on any atom is -0.390 e. The molecule has 9 nitrogen and oxygen atoms in total. The van der Waals surface area contributed by atoms with E-state index in [-0.39, 0.29) is 18.8 Å². The maximum atomic E-state index is 14.0. The van der Waals surface area contributed by atoms with E-state index in [9.17, 15) is 23.4 Å². The summed E-state index contributed by atoms with van der Waals surface area (Å²) in [5.41, 5.74) is 0.764. The zero-order valence-electron chi connectivity index (χ0n) is 17.6. The highest BCUT2D eigenvalue weighted by atomic mass is 19.3. The van der Waals surface area contributed by atoms with Gasteiger partial charge in [-0.05, 0) is 19.4 Å². The molecule has 1 aliphatic rings. The lowest BCUT2D eigenvalue weighted by atomic mass is 10.1. The monoisotopic (exact) mass is 451 g/mol. The fraction of sp³-hybridized carbons (Fsp3) is 0.500. The van der Waals surface area contributed by atoms with Gasteiger partial charge in [0.15, 0.2) is 0 Å². The molecule has 0 bridgehead atoms. The maximum absolute atomic E-state index is 14.0. The van der Waals surface area contributed by atoms with Crippen LogP contribution in [0.25, 0.3) is 11.0 Å². The van der Waals surface area contributed by atoms with Crippen molar-refractivity contribution in [2.75, 3.05) is 23.3 Å². The third kappa shape index (κ3) is 4.32. The number of aliphatic hydroxyl groups is 2. The van der Waals surface area contributed by atoms with Crippen molar-refractivity contribution in [3.05, 3.63) is 30.4 Å². The summed E-state index contributed by atoms with van der Waals surface area (Å²) in [6.45, 7) is 2.09. The lowest BCUT2D eigenvalue weighted by Crippen LogP contribution is -2.45. The number of fused-ring (bicyclic) bond motifs is 1. The van der Waals surface area contributed by atoms with Crippen LogP contribution in [0.3, 0.4) is 0 Å². The highest BCUT2D eigenvalue weighted by Crippen LogP contribution is 2.33. The minimum atomic E-state index is -3.04. The van der Waals surface area contributed by atoms with Gasteiger partial charge in [0.2, 0.25) is 5.95 Å². The van der Waals surface area contributed by atoms with Crippen molar-refractivity contribution in [1.82, 2.24) is 24.5 Å². The zero-order chi connectivity index (χ0) is 23.0. The van der Waals surface area contributed by atoms with Crippen LogP contribution >= 0.6 is 0 Å². The number of piperidine rings is 1. The van der Waals surface area contributed by atoms with Crippen LogP contribution in [0.2, 0.25) is 0 Å². The Hall–Kier alpha value is -2.99. The van der Waals surface area contributed by atoms with E-state index in [0.717, 1.165) is 6.92 Å². The molecule has 1 saturated heterocycles. The Balaban J connectivity index is 1.63. The lowest BCUT2D eigenvalue weighted by Gasteiger charge is -2.32. The van der Waals surface area contributed by atoms with Gasteiger partial charge in [-0.15, -0.1) is 0 Å². The molecular weight excluding hydrogens is 427 g/mol. The van der Waals surface area contributed by atoms with Gasteiger partial charge in [0.25, 0.3) is 5.92 Å². The number of imidazole rings is 1. The Morgan fingerprint density at radius 2 is 2.06 bits per heavy atom. The molecule has 0 radical (unpaired) electrons. The Morgan fingerprint density at radius 3 is 2.75 bits per heavy atom. The number of rotatable bonds is 6. The first-order valence-electron chi connectivity index (χ1n) is 10.2. The molecule has 0 saturated carbocycles. The third-order valence-corrected chi connectivity index (χ3v) is 5.60. The predicted octanol–water partition coefficient (Wildman–Crippen LogP) is 2.58. The van der Waals surface area contributed by atoms with E-state index in [1.165, 1.54) is 23.9 Å². The van der Waals surface area contributed by atoms with Gasteiger partial charge in [0.05, 0.1) is 30.4 Å². The summed E-state index contributed by atoms with van der Waals surface area (Å²) >= 11 is 0. The van der Waals surface area contributed by atoms with Gasteiger partial charge in [-0.3, -0.25) is 0 Å². The van der Waals surface area contributed by atoms with Crippen molar-refractivity contribution in [3.8, 4) is 0 Å². The van der Waals surface area contributed by atoms with E-state index in [0.29, 0.717) is 35.2 Å². The fourth-order valence-electron chi connectivity index (χ4n) is 3.66. The fourth-order valence-corrected chi connectivity index (χ4v) is 3.66. The van der Waals surface area contributed by atoms with Crippen molar-refractivity contribution in [2.45, 2.75) is 51.1 Å². The maximum Gasteiger partial charge on any atom is 0.265 e. The largest absolute Gasteiger partial charge is 0.390 e. The van der Waals surface area contributed by atoms with Gasteiger partial charge < -0.3 is 25.0 Å². The molecule has 3 N–H and O–H groups in total. The van der Waals surface area contributed by atoms with Crippen LogP contribution in [0.4, 0.5) is 30.8 Å².